The van der Waals surface area contributed by atoms with Crippen LogP contribution in [0.4, 0.5) is 5.69 Å². The van der Waals surface area contributed by atoms with E-state index in [1.807, 2.05) is 24.3 Å². The third-order valence-electron chi connectivity index (χ3n) is 3.26. The summed E-state index contributed by atoms with van der Waals surface area (Å²) in [5, 5.41) is 8.76. The Kier molecular flexibility index (Phi) is 4.57. The average Bonchev–Trinajstić information content (AvgIpc) is 2.50. The quantitative estimate of drug-likeness (QED) is 0.873. The lowest BCUT2D eigenvalue weighted by Crippen LogP contribution is -2.27. The van der Waals surface area contributed by atoms with E-state index in [9.17, 15) is 4.79 Å². The van der Waals surface area contributed by atoms with Gasteiger partial charge in [-0.2, -0.15) is 5.26 Å². The molecule has 0 fully saturated rings. The number of likely N-dealkylation sites (N-methyl/N-ethyl adjacent to an activating group) is 1. The minimum absolute atomic E-state index is 0.0455. The highest BCUT2D eigenvalue weighted by Crippen LogP contribution is 2.10. The number of hydrogen-bond acceptors (Lipinski definition) is 3. The molecular formula is C17H17N3O. The predicted octanol–water partition coefficient (Wildman–Crippen LogP) is 2.34. The molecule has 2 N–H and O–H groups in total. The second-order valence-electron chi connectivity index (χ2n) is 4.98. The fourth-order valence-corrected chi connectivity index (χ4v) is 1.99. The maximum absolute atomic E-state index is 12.2. The van der Waals surface area contributed by atoms with E-state index in [0.29, 0.717) is 24.2 Å². The number of carbonyl (C=O) groups excluding carboxylic acids is 1. The monoisotopic (exact) mass is 279 g/mol. The number of benzene rings is 2. The summed E-state index contributed by atoms with van der Waals surface area (Å²) in [4.78, 5) is 13.8. The molecule has 0 aliphatic heterocycles. The van der Waals surface area contributed by atoms with Crippen LogP contribution >= 0.6 is 0 Å². The Balaban J connectivity index is 1.95. The fourth-order valence-electron chi connectivity index (χ4n) is 1.99. The average molecular weight is 279 g/mol. The molecule has 0 atom stereocenters. The number of nitriles is 1. The van der Waals surface area contributed by atoms with Crippen molar-refractivity contribution in [3.05, 3.63) is 65.2 Å². The molecule has 21 heavy (non-hydrogen) atoms. The molecule has 0 heterocycles. The summed E-state index contributed by atoms with van der Waals surface area (Å²) in [6.07, 6.45) is 0.354. The van der Waals surface area contributed by atoms with Crippen LogP contribution in [0, 0.1) is 11.3 Å². The molecule has 0 aliphatic rings. The molecule has 2 aromatic carbocycles. The van der Waals surface area contributed by atoms with Crippen LogP contribution in [0.15, 0.2) is 48.5 Å². The number of hydrogen-bond donors (Lipinski definition) is 1. The molecular weight excluding hydrogens is 262 g/mol. The number of carbonyl (C=O) groups is 1. The maximum Gasteiger partial charge on any atom is 0.227 e. The zero-order chi connectivity index (χ0) is 15.2. The van der Waals surface area contributed by atoms with E-state index in [2.05, 4.69) is 6.07 Å². The highest BCUT2D eigenvalue weighted by Gasteiger charge is 2.10. The SMILES string of the molecule is CN(Cc1ccc(C#N)cc1)C(=O)Cc1ccc(N)cc1. The van der Waals surface area contributed by atoms with Gasteiger partial charge in [0.2, 0.25) is 5.91 Å². The minimum atomic E-state index is 0.0455. The van der Waals surface area contributed by atoms with Gasteiger partial charge in [-0.25, -0.2) is 0 Å². The molecule has 0 bridgehead atoms. The lowest BCUT2D eigenvalue weighted by molar-refractivity contribution is -0.129. The van der Waals surface area contributed by atoms with Crippen LogP contribution in [0.3, 0.4) is 0 Å². The van der Waals surface area contributed by atoms with Gasteiger partial charge in [0.05, 0.1) is 18.1 Å². The largest absolute Gasteiger partial charge is 0.399 e. The van der Waals surface area contributed by atoms with Crippen LogP contribution in [0.2, 0.25) is 0 Å². The number of nitrogen functional groups attached to an aromatic ring is 1. The second kappa shape index (κ2) is 6.58. The molecule has 0 saturated heterocycles. The number of amides is 1. The molecule has 0 aromatic heterocycles. The van der Waals surface area contributed by atoms with Crippen molar-refractivity contribution >= 4 is 11.6 Å². The Morgan fingerprint density at radius 3 is 2.24 bits per heavy atom. The van der Waals surface area contributed by atoms with Gasteiger partial charge in [0.15, 0.2) is 0 Å². The standard InChI is InChI=1S/C17H17N3O/c1-20(12-15-4-2-14(11-18)3-5-15)17(21)10-13-6-8-16(19)9-7-13/h2-9H,10,12,19H2,1H3. The van der Waals surface area contributed by atoms with Crippen molar-refractivity contribution in [2.75, 3.05) is 12.8 Å². The Hall–Kier alpha value is -2.80. The van der Waals surface area contributed by atoms with Crippen molar-refractivity contribution in [2.45, 2.75) is 13.0 Å². The molecule has 0 unspecified atom stereocenters. The maximum atomic E-state index is 12.2. The third kappa shape index (κ3) is 4.08. The van der Waals surface area contributed by atoms with Crippen LogP contribution in [0.1, 0.15) is 16.7 Å². The number of nitrogens with two attached hydrogens (primary N) is 1. The molecule has 4 heteroatoms. The lowest BCUT2D eigenvalue weighted by Gasteiger charge is -2.17. The van der Waals surface area contributed by atoms with E-state index in [0.717, 1.165) is 11.1 Å². The Morgan fingerprint density at radius 2 is 1.67 bits per heavy atom. The zero-order valence-corrected chi connectivity index (χ0v) is 11.9. The summed E-state index contributed by atoms with van der Waals surface area (Å²) in [7, 11) is 1.78. The van der Waals surface area contributed by atoms with Gasteiger partial charge < -0.3 is 10.6 Å². The first kappa shape index (κ1) is 14.6. The van der Waals surface area contributed by atoms with Crippen molar-refractivity contribution in [1.82, 2.24) is 4.90 Å². The summed E-state index contributed by atoms with van der Waals surface area (Å²) in [5.74, 6) is 0.0455. The topological polar surface area (TPSA) is 70.1 Å². The molecule has 0 radical (unpaired) electrons. The van der Waals surface area contributed by atoms with E-state index in [1.54, 1.807) is 36.2 Å². The van der Waals surface area contributed by atoms with Gasteiger partial charge in [-0.05, 0) is 35.4 Å². The van der Waals surface area contributed by atoms with Crippen molar-refractivity contribution < 1.29 is 4.79 Å². The Labute approximate surface area is 124 Å². The van der Waals surface area contributed by atoms with E-state index >= 15 is 0 Å². The molecule has 1 amide bonds. The summed E-state index contributed by atoms with van der Waals surface area (Å²) >= 11 is 0. The number of nitrogens with zero attached hydrogens (tertiary/aromatic N) is 2. The fraction of sp³-hybridized carbons (Fsp3) is 0.176. The molecule has 4 nitrogen and oxygen atoms in total. The lowest BCUT2D eigenvalue weighted by atomic mass is 10.1. The minimum Gasteiger partial charge on any atom is -0.399 e. The number of anilines is 1. The van der Waals surface area contributed by atoms with Gasteiger partial charge in [0, 0.05) is 19.3 Å². The summed E-state index contributed by atoms with van der Waals surface area (Å²) in [6, 6.07) is 16.6. The van der Waals surface area contributed by atoms with Gasteiger partial charge in [-0.15, -0.1) is 0 Å². The highest BCUT2D eigenvalue weighted by molar-refractivity contribution is 5.78. The van der Waals surface area contributed by atoms with E-state index in [4.69, 9.17) is 11.0 Å². The summed E-state index contributed by atoms with van der Waals surface area (Å²) in [6.45, 7) is 0.527. The first-order valence-corrected chi connectivity index (χ1v) is 6.66. The van der Waals surface area contributed by atoms with Gasteiger partial charge >= 0.3 is 0 Å². The zero-order valence-electron chi connectivity index (χ0n) is 11.9. The van der Waals surface area contributed by atoms with Crippen LogP contribution in [-0.4, -0.2) is 17.9 Å². The van der Waals surface area contributed by atoms with Crippen molar-refractivity contribution in [1.29, 1.82) is 5.26 Å². The van der Waals surface area contributed by atoms with Crippen LogP contribution < -0.4 is 5.73 Å². The predicted molar refractivity (Wildman–Crippen MR) is 82.2 cm³/mol. The van der Waals surface area contributed by atoms with Gasteiger partial charge in [0.25, 0.3) is 0 Å². The van der Waals surface area contributed by atoms with Gasteiger partial charge in [-0.3, -0.25) is 4.79 Å². The normalized spacial score (nSPS) is 9.90. The first-order valence-electron chi connectivity index (χ1n) is 6.66. The summed E-state index contributed by atoms with van der Waals surface area (Å²) in [5.41, 5.74) is 8.88. The van der Waals surface area contributed by atoms with Crippen molar-refractivity contribution in [2.24, 2.45) is 0 Å². The summed E-state index contributed by atoms with van der Waals surface area (Å²) < 4.78 is 0. The van der Waals surface area contributed by atoms with E-state index in [1.165, 1.54) is 0 Å². The molecule has 2 aromatic rings. The second-order valence-corrected chi connectivity index (χ2v) is 4.98. The van der Waals surface area contributed by atoms with E-state index < -0.39 is 0 Å². The molecule has 0 spiro atoms. The Morgan fingerprint density at radius 1 is 1.10 bits per heavy atom. The smallest absolute Gasteiger partial charge is 0.227 e. The van der Waals surface area contributed by atoms with Crippen molar-refractivity contribution in [3.8, 4) is 6.07 Å². The highest BCUT2D eigenvalue weighted by atomic mass is 16.2. The van der Waals surface area contributed by atoms with Gasteiger partial charge in [0.1, 0.15) is 0 Å². The molecule has 106 valence electrons. The van der Waals surface area contributed by atoms with Crippen LogP contribution in [-0.2, 0) is 17.8 Å². The third-order valence-corrected chi connectivity index (χ3v) is 3.26. The van der Waals surface area contributed by atoms with Gasteiger partial charge in [-0.1, -0.05) is 24.3 Å². The Bertz CT molecular complexity index is 654. The molecule has 0 aliphatic carbocycles. The van der Waals surface area contributed by atoms with E-state index in [-0.39, 0.29) is 5.91 Å². The van der Waals surface area contributed by atoms with Crippen LogP contribution in [0.5, 0.6) is 0 Å². The van der Waals surface area contributed by atoms with Crippen LogP contribution in [0.25, 0.3) is 0 Å². The first-order chi connectivity index (χ1) is 10.1. The molecule has 2 rings (SSSR count). The number of rotatable bonds is 4. The van der Waals surface area contributed by atoms with Crippen molar-refractivity contribution in [3.63, 3.8) is 0 Å². The molecule has 0 saturated carbocycles.